The summed E-state index contributed by atoms with van der Waals surface area (Å²) >= 11 is 0. The monoisotopic (exact) mass is 240 g/mol. The highest BCUT2D eigenvalue weighted by molar-refractivity contribution is 5.76. The standard InChI is InChI=1S/C13H24N2O2/c16-12-8-5-3-1-2-4-6-9-13(17)15-11-7-10-14-12/h1-11H2,(H,14,16)(H,15,17). The maximum atomic E-state index is 11.4. The van der Waals surface area contributed by atoms with Crippen LogP contribution in [0.5, 0.6) is 0 Å². The van der Waals surface area contributed by atoms with Crippen LogP contribution in [0.1, 0.15) is 57.8 Å². The zero-order valence-electron chi connectivity index (χ0n) is 10.6. The summed E-state index contributed by atoms with van der Waals surface area (Å²) < 4.78 is 0. The number of nitrogens with one attached hydrogen (secondary N) is 2. The van der Waals surface area contributed by atoms with Crippen molar-refractivity contribution in [1.82, 2.24) is 10.6 Å². The molecule has 0 aliphatic carbocycles. The van der Waals surface area contributed by atoms with Crippen LogP contribution in [0.3, 0.4) is 0 Å². The molecule has 0 unspecified atom stereocenters. The van der Waals surface area contributed by atoms with Crippen LogP contribution in [0.2, 0.25) is 0 Å². The van der Waals surface area contributed by atoms with Gasteiger partial charge in [0.1, 0.15) is 0 Å². The Morgan fingerprint density at radius 3 is 1.47 bits per heavy atom. The number of amides is 2. The van der Waals surface area contributed by atoms with Gasteiger partial charge in [-0.15, -0.1) is 0 Å². The average Bonchev–Trinajstić information content (AvgIpc) is 2.31. The third-order valence-corrected chi connectivity index (χ3v) is 3.06. The van der Waals surface area contributed by atoms with E-state index in [1.54, 1.807) is 0 Å². The van der Waals surface area contributed by atoms with Crippen molar-refractivity contribution in [2.45, 2.75) is 57.8 Å². The average molecular weight is 240 g/mol. The van der Waals surface area contributed by atoms with Gasteiger partial charge in [0.15, 0.2) is 0 Å². The van der Waals surface area contributed by atoms with Crippen LogP contribution < -0.4 is 10.6 Å². The quantitative estimate of drug-likeness (QED) is 0.677. The summed E-state index contributed by atoms with van der Waals surface area (Å²) in [6.07, 6.45) is 8.69. The van der Waals surface area contributed by atoms with E-state index in [0.29, 0.717) is 25.9 Å². The molecule has 2 amide bonds. The van der Waals surface area contributed by atoms with Crippen molar-refractivity contribution >= 4 is 11.8 Å². The fourth-order valence-electron chi connectivity index (χ4n) is 2.00. The van der Waals surface area contributed by atoms with E-state index >= 15 is 0 Å². The Bertz CT molecular complexity index is 218. The Hall–Kier alpha value is -1.06. The molecule has 0 aromatic heterocycles. The molecule has 98 valence electrons. The number of rotatable bonds is 0. The second-order valence-electron chi connectivity index (χ2n) is 4.67. The Labute approximate surface area is 104 Å². The number of hydrogen-bond acceptors (Lipinski definition) is 2. The molecule has 0 aromatic carbocycles. The summed E-state index contributed by atoms with van der Waals surface area (Å²) in [5.74, 6) is 0.289. The molecule has 1 heterocycles. The fourth-order valence-corrected chi connectivity index (χ4v) is 2.00. The third kappa shape index (κ3) is 7.77. The lowest BCUT2D eigenvalue weighted by Gasteiger charge is -2.06. The second kappa shape index (κ2) is 9.02. The van der Waals surface area contributed by atoms with Gasteiger partial charge in [0.2, 0.25) is 11.8 Å². The van der Waals surface area contributed by atoms with E-state index in [2.05, 4.69) is 10.6 Å². The smallest absolute Gasteiger partial charge is 0.219 e. The van der Waals surface area contributed by atoms with Gasteiger partial charge in [-0.2, -0.15) is 0 Å². The SMILES string of the molecule is O=C1CCCCCCCCC(=O)NCCCN1. The van der Waals surface area contributed by atoms with Gasteiger partial charge in [0.25, 0.3) is 0 Å². The zero-order valence-corrected chi connectivity index (χ0v) is 10.6. The summed E-state index contributed by atoms with van der Waals surface area (Å²) in [5, 5.41) is 5.75. The van der Waals surface area contributed by atoms with Crippen LogP contribution in [0.25, 0.3) is 0 Å². The first-order chi connectivity index (χ1) is 8.29. The van der Waals surface area contributed by atoms with E-state index in [9.17, 15) is 9.59 Å². The number of carbonyl (C=O) groups excluding carboxylic acids is 2. The molecule has 0 atom stereocenters. The molecule has 1 aliphatic heterocycles. The fraction of sp³-hybridized carbons (Fsp3) is 0.846. The normalized spacial score (nSPS) is 21.9. The van der Waals surface area contributed by atoms with Crippen molar-refractivity contribution in [2.75, 3.05) is 13.1 Å². The summed E-state index contributed by atoms with van der Waals surface area (Å²) in [6.45, 7) is 1.33. The third-order valence-electron chi connectivity index (χ3n) is 3.06. The minimum atomic E-state index is 0.145. The van der Waals surface area contributed by atoms with Gasteiger partial charge >= 0.3 is 0 Å². The van der Waals surface area contributed by atoms with Crippen molar-refractivity contribution in [3.8, 4) is 0 Å². The molecule has 17 heavy (non-hydrogen) atoms. The van der Waals surface area contributed by atoms with Gasteiger partial charge in [-0.3, -0.25) is 9.59 Å². The van der Waals surface area contributed by atoms with E-state index in [-0.39, 0.29) is 11.8 Å². The van der Waals surface area contributed by atoms with Crippen molar-refractivity contribution in [3.63, 3.8) is 0 Å². The summed E-state index contributed by atoms with van der Waals surface area (Å²) in [4.78, 5) is 22.8. The maximum Gasteiger partial charge on any atom is 0.219 e. The first kappa shape index (κ1) is 14.0. The minimum absolute atomic E-state index is 0.145. The molecule has 1 rings (SSSR count). The first-order valence-electron chi connectivity index (χ1n) is 6.82. The van der Waals surface area contributed by atoms with E-state index in [1.165, 1.54) is 12.8 Å². The molecular formula is C13H24N2O2. The molecule has 0 radical (unpaired) electrons. The van der Waals surface area contributed by atoms with Crippen molar-refractivity contribution in [1.29, 1.82) is 0 Å². The van der Waals surface area contributed by atoms with E-state index < -0.39 is 0 Å². The molecule has 1 saturated heterocycles. The molecule has 4 heteroatoms. The van der Waals surface area contributed by atoms with Crippen molar-refractivity contribution in [3.05, 3.63) is 0 Å². The van der Waals surface area contributed by atoms with Crippen LogP contribution in [0, 0.1) is 0 Å². The zero-order chi connectivity index (χ0) is 12.3. The lowest BCUT2D eigenvalue weighted by molar-refractivity contribution is -0.121. The highest BCUT2D eigenvalue weighted by Crippen LogP contribution is 2.08. The largest absolute Gasteiger partial charge is 0.356 e. The minimum Gasteiger partial charge on any atom is -0.356 e. The van der Waals surface area contributed by atoms with Gasteiger partial charge in [-0.1, -0.05) is 25.7 Å². The Balaban J connectivity index is 2.23. The Kier molecular flexibility index (Phi) is 7.43. The predicted octanol–water partition coefficient (Wildman–Crippen LogP) is 1.74. The Morgan fingerprint density at radius 1 is 0.588 bits per heavy atom. The molecule has 2 N–H and O–H groups in total. The second-order valence-corrected chi connectivity index (χ2v) is 4.67. The molecule has 0 spiro atoms. The topological polar surface area (TPSA) is 58.2 Å². The van der Waals surface area contributed by atoms with Crippen LogP contribution in [0.15, 0.2) is 0 Å². The van der Waals surface area contributed by atoms with Gasteiger partial charge in [0, 0.05) is 25.9 Å². The highest BCUT2D eigenvalue weighted by Gasteiger charge is 2.03. The van der Waals surface area contributed by atoms with Crippen molar-refractivity contribution in [2.24, 2.45) is 0 Å². The van der Waals surface area contributed by atoms with E-state index in [1.807, 2.05) is 0 Å². The molecular weight excluding hydrogens is 216 g/mol. The Morgan fingerprint density at radius 2 is 1.00 bits per heavy atom. The molecule has 0 aromatic rings. The van der Waals surface area contributed by atoms with E-state index in [4.69, 9.17) is 0 Å². The van der Waals surface area contributed by atoms with Crippen LogP contribution in [-0.2, 0) is 9.59 Å². The lowest BCUT2D eigenvalue weighted by Crippen LogP contribution is -2.29. The van der Waals surface area contributed by atoms with Gasteiger partial charge in [-0.25, -0.2) is 0 Å². The van der Waals surface area contributed by atoms with Crippen LogP contribution >= 0.6 is 0 Å². The van der Waals surface area contributed by atoms with Crippen LogP contribution in [0.4, 0.5) is 0 Å². The van der Waals surface area contributed by atoms with Crippen LogP contribution in [-0.4, -0.2) is 24.9 Å². The summed E-state index contributed by atoms with van der Waals surface area (Å²) in [7, 11) is 0. The predicted molar refractivity (Wildman–Crippen MR) is 67.6 cm³/mol. The molecule has 0 saturated carbocycles. The lowest BCUT2D eigenvalue weighted by atomic mass is 10.1. The van der Waals surface area contributed by atoms with Gasteiger partial charge in [0.05, 0.1) is 0 Å². The maximum absolute atomic E-state index is 11.4. The molecule has 1 aliphatic rings. The number of hydrogen-bond donors (Lipinski definition) is 2. The summed E-state index contributed by atoms with van der Waals surface area (Å²) in [5.41, 5.74) is 0. The number of carbonyl (C=O) groups is 2. The van der Waals surface area contributed by atoms with Gasteiger partial charge < -0.3 is 10.6 Å². The van der Waals surface area contributed by atoms with Gasteiger partial charge in [-0.05, 0) is 19.3 Å². The highest BCUT2D eigenvalue weighted by atomic mass is 16.2. The van der Waals surface area contributed by atoms with E-state index in [0.717, 1.165) is 32.1 Å². The summed E-state index contributed by atoms with van der Waals surface area (Å²) in [6, 6.07) is 0. The first-order valence-corrected chi connectivity index (χ1v) is 6.82. The van der Waals surface area contributed by atoms with Crippen molar-refractivity contribution < 1.29 is 9.59 Å². The molecule has 0 bridgehead atoms. The molecule has 1 fully saturated rings. The molecule has 4 nitrogen and oxygen atoms in total.